The Morgan fingerprint density at radius 2 is 1.37 bits per heavy atom. The molecular formula is C25H22ClN5O3S. The van der Waals surface area contributed by atoms with Gasteiger partial charge in [0.1, 0.15) is 6.67 Å². The highest BCUT2D eigenvalue weighted by atomic mass is 35.5. The molecule has 0 atom stereocenters. The molecule has 35 heavy (non-hydrogen) atoms. The highest BCUT2D eigenvalue weighted by Gasteiger charge is 2.38. The molecule has 0 amide bonds. The molecule has 0 aliphatic carbocycles. The molecule has 0 radical (unpaired) electrons. The van der Waals surface area contributed by atoms with Crippen LogP contribution in [-0.4, -0.2) is 51.4 Å². The standard InChI is InChI=1S/C25H22ClN5O3S/c26-18-5-11-21(12-6-18)35(32,33)31-17-30(24-25(31)28-23-4-2-1-3-22(23)27-24)20-9-7-19(8-10-20)29-13-15-34-16-14-29/h1-12H,13-17H2. The molecule has 2 aliphatic heterocycles. The second-order valence-electron chi connectivity index (χ2n) is 8.35. The number of benzene rings is 3. The van der Waals surface area contributed by atoms with E-state index in [0.717, 1.165) is 24.5 Å². The summed E-state index contributed by atoms with van der Waals surface area (Å²) in [5.41, 5.74) is 3.27. The van der Waals surface area contributed by atoms with Gasteiger partial charge in [0.2, 0.25) is 0 Å². The summed E-state index contributed by atoms with van der Waals surface area (Å²) in [5, 5.41) is 0.471. The normalized spacial score (nSPS) is 16.1. The summed E-state index contributed by atoms with van der Waals surface area (Å²) in [6.45, 7) is 3.17. The summed E-state index contributed by atoms with van der Waals surface area (Å²) in [6.07, 6.45) is 0. The van der Waals surface area contributed by atoms with E-state index in [1.54, 1.807) is 12.1 Å². The number of aromatic nitrogens is 2. The van der Waals surface area contributed by atoms with Crippen LogP contribution in [0.4, 0.5) is 23.0 Å². The first-order valence-corrected chi connectivity index (χ1v) is 13.1. The first kappa shape index (κ1) is 22.1. The maximum atomic E-state index is 13.7. The van der Waals surface area contributed by atoms with Gasteiger partial charge in [0.15, 0.2) is 11.6 Å². The van der Waals surface area contributed by atoms with Gasteiger partial charge in [-0.3, -0.25) is 0 Å². The fraction of sp³-hybridized carbons (Fsp3) is 0.200. The minimum atomic E-state index is -3.90. The lowest BCUT2D eigenvalue weighted by Crippen LogP contribution is -2.36. The average Bonchev–Trinajstić information content (AvgIpc) is 3.27. The van der Waals surface area contributed by atoms with Crippen molar-refractivity contribution in [2.24, 2.45) is 0 Å². The zero-order valence-corrected chi connectivity index (χ0v) is 20.3. The third-order valence-electron chi connectivity index (χ3n) is 6.24. The molecule has 4 aromatic rings. The van der Waals surface area contributed by atoms with E-state index in [9.17, 15) is 8.42 Å². The highest BCUT2D eigenvalue weighted by Crippen LogP contribution is 2.42. The lowest BCUT2D eigenvalue weighted by Gasteiger charge is -2.29. The van der Waals surface area contributed by atoms with Gasteiger partial charge < -0.3 is 14.5 Å². The minimum absolute atomic E-state index is 0.0630. The van der Waals surface area contributed by atoms with Crippen molar-refractivity contribution in [1.82, 2.24) is 9.97 Å². The summed E-state index contributed by atoms with van der Waals surface area (Å²) in [6, 6.07) is 21.7. The molecule has 8 nitrogen and oxygen atoms in total. The maximum Gasteiger partial charge on any atom is 0.267 e. The predicted octanol–water partition coefficient (Wildman–Crippen LogP) is 4.42. The van der Waals surface area contributed by atoms with Crippen molar-refractivity contribution in [3.63, 3.8) is 0 Å². The van der Waals surface area contributed by atoms with Crippen molar-refractivity contribution in [2.45, 2.75) is 4.90 Å². The van der Waals surface area contributed by atoms with E-state index in [2.05, 4.69) is 4.90 Å². The number of halogens is 1. The largest absolute Gasteiger partial charge is 0.378 e. The Balaban J connectivity index is 1.42. The van der Waals surface area contributed by atoms with E-state index in [-0.39, 0.29) is 11.6 Å². The van der Waals surface area contributed by atoms with Crippen LogP contribution in [0.1, 0.15) is 0 Å². The molecule has 3 heterocycles. The summed E-state index contributed by atoms with van der Waals surface area (Å²) in [7, 11) is -3.90. The zero-order chi connectivity index (χ0) is 24.0. The van der Waals surface area contributed by atoms with Crippen LogP contribution in [0, 0.1) is 0 Å². The van der Waals surface area contributed by atoms with Crippen molar-refractivity contribution < 1.29 is 13.2 Å². The van der Waals surface area contributed by atoms with E-state index in [0.29, 0.717) is 40.9 Å². The summed E-state index contributed by atoms with van der Waals surface area (Å²) in [4.78, 5) is 13.8. The van der Waals surface area contributed by atoms with E-state index < -0.39 is 10.0 Å². The van der Waals surface area contributed by atoms with Crippen molar-refractivity contribution in [3.05, 3.63) is 77.8 Å². The van der Waals surface area contributed by atoms with Gasteiger partial charge in [-0.25, -0.2) is 22.7 Å². The molecule has 1 fully saturated rings. The number of hydrogen-bond acceptors (Lipinski definition) is 7. The molecular weight excluding hydrogens is 486 g/mol. The summed E-state index contributed by atoms with van der Waals surface area (Å²) >= 11 is 5.99. The van der Waals surface area contributed by atoms with Crippen LogP contribution < -0.4 is 14.1 Å². The van der Waals surface area contributed by atoms with Gasteiger partial charge in [-0.2, -0.15) is 0 Å². The van der Waals surface area contributed by atoms with Crippen molar-refractivity contribution in [3.8, 4) is 0 Å². The second kappa shape index (κ2) is 8.67. The SMILES string of the molecule is O=S(=O)(c1ccc(Cl)cc1)N1CN(c2ccc(N3CCOCC3)cc2)c2nc3ccccc3nc21. The third-order valence-corrected chi connectivity index (χ3v) is 8.22. The number of hydrogen-bond donors (Lipinski definition) is 0. The Kier molecular flexibility index (Phi) is 5.47. The summed E-state index contributed by atoms with van der Waals surface area (Å²) in [5.74, 6) is 0.802. The molecule has 1 saturated heterocycles. The van der Waals surface area contributed by atoms with Crippen LogP contribution in [-0.2, 0) is 14.8 Å². The monoisotopic (exact) mass is 507 g/mol. The first-order chi connectivity index (χ1) is 17.0. The zero-order valence-electron chi connectivity index (χ0n) is 18.7. The van der Waals surface area contributed by atoms with Gasteiger partial charge in [0, 0.05) is 29.5 Å². The van der Waals surface area contributed by atoms with Crippen LogP contribution in [0.5, 0.6) is 0 Å². The molecule has 0 spiro atoms. The van der Waals surface area contributed by atoms with Gasteiger partial charge in [0.05, 0.1) is 29.1 Å². The van der Waals surface area contributed by atoms with Crippen molar-refractivity contribution in [2.75, 3.05) is 47.1 Å². The first-order valence-electron chi connectivity index (χ1n) is 11.3. The van der Waals surface area contributed by atoms with Crippen LogP contribution in [0.2, 0.25) is 5.02 Å². The molecule has 178 valence electrons. The number of anilines is 4. The Hall–Kier alpha value is -3.40. The number of fused-ring (bicyclic) bond motifs is 2. The molecule has 2 aliphatic rings. The molecule has 0 bridgehead atoms. The van der Waals surface area contributed by atoms with E-state index in [4.69, 9.17) is 26.3 Å². The molecule has 0 saturated carbocycles. The fourth-order valence-electron chi connectivity index (χ4n) is 4.38. The fourth-order valence-corrected chi connectivity index (χ4v) is 5.86. The number of nitrogens with zero attached hydrogens (tertiary/aromatic N) is 5. The van der Waals surface area contributed by atoms with Gasteiger partial charge in [-0.05, 0) is 60.7 Å². The van der Waals surface area contributed by atoms with Gasteiger partial charge >= 0.3 is 0 Å². The number of rotatable bonds is 4. The molecule has 0 N–H and O–H groups in total. The van der Waals surface area contributed by atoms with Gasteiger partial charge in [-0.1, -0.05) is 23.7 Å². The molecule has 6 rings (SSSR count). The topological polar surface area (TPSA) is 78.9 Å². The van der Waals surface area contributed by atoms with Crippen molar-refractivity contribution >= 4 is 55.7 Å². The molecule has 0 unspecified atom stereocenters. The predicted molar refractivity (Wildman–Crippen MR) is 137 cm³/mol. The second-order valence-corrected chi connectivity index (χ2v) is 10.7. The van der Waals surface area contributed by atoms with E-state index in [1.165, 1.54) is 16.4 Å². The molecule has 3 aromatic carbocycles. The molecule has 1 aromatic heterocycles. The lowest BCUT2D eigenvalue weighted by atomic mass is 10.2. The number of morpholine rings is 1. The minimum Gasteiger partial charge on any atom is -0.378 e. The number of para-hydroxylation sites is 2. The average molecular weight is 508 g/mol. The van der Waals surface area contributed by atoms with Crippen LogP contribution in [0.3, 0.4) is 0 Å². The van der Waals surface area contributed by atoms with Crippen LogP contribution >= 0.6 is 11.6 Å². The Bertz CT molecular complexity index is 1490. The summed E-state index contributed by atoms with van der Waals surface area (Å²) < 4.78 is 34.1. The highest BCUT2D eigenvalue weighted by molar-refractivity contribution is 7.92. The Morgan fingerprint density at radius 3 is 2.03 bits per heavy atom. The van der Waals surface area contributed by atoms with Crippen LogP contribution in [0.15, 0.2) is 77.7 Å². The van der Waals surface area contributed by atoms with Crippen molar-refractivity contribution in [1.29, 1.82) is 0 Å². The maximum absolute atomic E-state index is 13.7. The Labute approximate surface area is 208 Å². The van der Waals surface area contributed by atoms with Gasteiger partial charge in [-0.15, -0.1) is 0 Å². The smallest absolute Gasteiger partial charge is 0.267 e. The third kappa shape index (κ3) is 3.95. The number of ether oxygens (including phenoxy) is 1. The van der Waals surface area contributed by atoms with Gasteiger partial charge in [0.25, 0.3) is 10.0 Å². The van der Waals surface area contributed by atoms with E-state index in [1.807, 2.05) is 53.4 Å². The molecule has 10 heteroatoms. The van der Waals surface area contributed by atoms with E-state index >= 15 is 0 Å². The Morgan fingerprint density at radius 1 is 0.771 bits per heavy atom. The number of sulfonamides is 1. The quantitative estimate of drug-likeness (QED) is 0.404. The van der Waals surface area contributed by atoms with Crippen LogP contribution in [0.25, 0.3) is 11.0 Å². The lowest BCUT2D eigenvalue weighted by molar-refractivity contribution is 0.122.